The fourth-order valence-electron chi connectivity index (χ4n) is 1.37. The monoisotopic (exact) mass is 202 g/mol. The topological polar surface area (TPSA) is 20.2 Å². The number of aliphatic hydroxyl groups excluding tert-OH is 1. The minimum absolute atomic E-state index is 0.163. The van der Waals surface area contributed by atoms with Gasteiger partial charge in [-0.15, -0.1) is 0 Å². The number of aliphatic hydroxyl groups is 1. The van der Waals surface area contributed by atoms with Crippen LogP contribution < -0.4 is 0 Å². The molecule has 0 radical (unpaired) electrons. The largest absolute Gasteiger partial charge is 0.396 e. The van der Waals surface area contributed by atoms with Crippen molar-refractivity contribution in [2.45, 2.75) is 51.4 Å². The van der Waals surface area contributed by atoms with Crippen LogP contribution in [0.1, 0.15) is 51.4 Å². The van der Waals surface area contributed by atoms with Gasteiger partial charge in [0.15, 0.2) is 0 Å². The van der Waals surface area contributed by atoms with Gasteiger partial charge in [-0.2, -0.15) is 0 Å². The van der Waals surface area contributed by atoms with Gasteiger partial charge in [0.05, 0.1) is 6.67 Å². The first-order valence-electron chi connectivity index (χ1n) is 5.73. The van der Waals surface area contributed by atoms with Gasteiger partial charge in [0, 0.05) is 6.61 Å². The van der Waals surface area contributed by atoms with Gasteiger partial charge in [-0.1, -0.05) is 37.8 Å². The van der Waals surface area contributed by atoms with Crippen molar-refractivity contribution in [2.75, 3.05) is 13.3 Å². The summed E-state index contributed by atoms with van der Waals surface area (Å²) in [7, 11) is 0. The summed E-state index contributed by atoms with van der Waals surface area (Å²) in [6.45, 7) is 0.0869. The molecule has 0 amide bonds. The van der Waals surface area contributed by atoms with E-state index < -0.39 is 0 Å². The number of alkyl halides is 1. The molecule has 0 aromatic heterocycles. The van der Waals surface area contributed by atoms with Crippen molar-refractivity contribution >= 4 is 0 Å². The molecule has 1 nitrogen and oxygen atoms in total. The van der Waals surface area contributed by atoms with E-state index in [0.717, 1.165) is 25.7 Å². The zero-order valence-electron chi connectivity index (χ0n) is 9.05. The number of unbranched alkanes of at least 4 members (excludes halogenated alkanes) is 6. The molecule has 0 aromatic carbocycles. The van der Waals surface area contributed by atoms with Crippen molar-refractivity contribution in [1.29, 1.82) is 0 Å². The highest BCUT2D eigenvalue weighted by atomic mass is 19.1. The summed E-state index contributed by atoms with van der Waals surface area (Å²) in [4.78, 5) is 0. The fraction of sp³-hybridized carbons (Fsp3) is 0.833. The molecule has 0 unspecified atom stereocenters. The third-order valence-electron chi connectivity index (χ3n) is 2.22. The van der Waals surface area contributed by atoms with Gasteiger partial charge >= 0.3 is 0 Å². The summed E-state index contributed by atoms with van der Waals surface area (Å²) in [5, 5.41) is 8.51. The Hall–Kier alpha value is -0.370. The average Bonchev–Trinajstić information content (AvgIpc) is 2.21. The van der Waals surface area contributed by atoms with E-state index in [1.807, 2.05) is 6.08 Å². The molecule has 0 atom stereocenters. The van der Waals surface area contributed by atoms with Crippen molar-refractivity contribution in [3.8, 4) is 0 Å². The molecule has 0 fully saturated rings. The van der Waals surface area contributed by atoms with Crippen LogP contribution in [0.3, 0.4) is 0 Å². The van der Waals surface area contributed by atoms with Crippen molar-refractivity contribution in [3.05, 3.63) is 12.2 Å². The molecule has 0 bridgehead atoms. The van der Waals surface area contributed by atoms with Gasteiger partial charge in [-0.05, 0) is 25.7 Å². The normalized spacial score (nSPS) is 11.3. The van der Waals surface area contributed by atoms with Gasteiger partial charge in [-0.3, -0.25) is 4.39 Å². The second-order valence-corrected chi connectivity index (χ2v) is 3.58. The van der Waals surface area contributed by atoms with E-state index in [1.54, 1.807) is 0 Å². The number of hydrogen-bond acceptors (Lipinski definition) is 1. The lowest BCUT2D eigenvalue weighted by Crippen LogP contribution is -1.81. The summed E-state index contributed by atoms with van der Waals surface area (Å²) in [5.74, 6) is 0. The van der Waals surface area contributed by atoms with Gasteiger partial charge in [0.2, 0.25) is 0 Å². The standard InChI is InChI=1S/C12H23FO/c13-11-9-7-5-3-1-2-4-6-8-10-12-14/h6,8,14H,1-5,7,9-12H2/b8-6-. The van der Waals surface area contributed by atoms with E-state index in [-0.39, 0.29) is 13.3 Å². The molecule has 0 aliphatic rings. The summed E-state index contributed by atoms with van der Waals surface area (Å²) < 4.78 is 11.7. The highest BCUT2D eigenvalue weighted by Crippen LogP contribution is 2.07. The zero-order valence-corrected chi connectivity index (χ0v) is 9.05. The maximum absolute atomic E-state index is 11.7. The average molecular weight is 202 g/mol. The van der Waals surface area contributed by atoms with E-state index in [4.69, 9.17) is 5.11 Å². The molecule has 0 saturated heterocycles. The Bertz CT molecular complexity index is 123. The van der Waals surface area contributed by atoms with Crippen LogP contribution in [0.5, 0.6) is 0 Å². The third-order valence-corrected chi connectivity index (χ3v) is 2.22. The second kappa shape index (κ2) is 12.6. The molecule has 0 aromatic rings. The Morgan fingerprint density at radius 1 is 0.786 bits per heavy atom. The molecule has 84 valence electrons. The van der Waals surface area contributed by atoms with Crippen LogP contribution in [0.25, 0.3) is 0 Å². The molecule has 0 heterocycles. The van der Waals surface area contributed by atoms with Crippen LogP contribution >= 0.6 is 0 Å². The quantitative estimate of drug-likeness (QED) is 0.423. The molecule has 1 N–H and O–H groups in total. The molecular weight excluding hydrogens is 179 g/mol. The smallest absolute Gasteiger partial charge is 0.0894 e. The number of hydrogen-bond donors (Lipinski definition) is 1. The predicted octanol–water partition coefficient (Wildman–Crippen LogP) is 3.63. The van der Waals surface area contributed by atoms with E-state index in [9.17, 15) is 4.39 Å². The number of allylic oxidation sites excluding steroid dienone is 1. The van der Waals surface area contributed by atoms with Crippen molar-refractivity contribution in [1.82, 2.24) is 0 Å². The molecule has 0 aliphatic carbocycles. The van der Waals surface area contributed by atoms with Gasteiger partial charge in [-0.25, -0.2) is 0 Å². The fourth-order valence-corrected chi connectivity index (χ4v) is 1.37. The summed E-state index contributed by atoms with van der Waals surface area (Å²) >= 11 is 0. The maximum atomic E-state index is 11.7. The number of halogens is 1. The Morgan fingerprint density at radius 3 is 2.00 bits per heavy atom. The molecule has 2 heteroatoms. The Labute approximate surface area is 87.0 Å². The Kier molecular flexibility index (Phi) is 12.3. The van der Waals surface area contributed by atoms with Crippen LogP contribution in [0, 0.1) is 0 Å². The minimum atomic E-state index is -0.163. The molecule has 14 heavy (non-hydrogen) atoms. The van der Waals surface area contributed by atoms with E-state index >= 15 is 0 Å². The van der Waals surface area contributed by atoms with Crippen molar-refractivity contribution in [3.63, 3.8) is 0 Å². The summed E-state index contributed by atoms with van der Waals surface area (Å²) in [5.41, 5.74) is 0. The molecule has 0 aliphatic heterocycles. The van der Waals surface area contributed by atoms with Gasteiger partial charge in [0.1, 0.15) is 0 Å². The van der Waals surface area contributed by atoms with Crippen LogP contribution in [0.4, 0.5) is 4.39 Å². The highest BCUT2D eigenvalue weighted by Gasteiger charge is 1.89. The van der Waals surface area contributed by atoms with Gasteiger partial charge in [0.25, 0.3) is 0 Å². The van der Waals surface area contributed by atoms with Crippen LogP contribution in [0.2, 0.25) is 0 Å². The lowest BCUT2D eigenvalue weighted by Gasteiger charge is -1.98. The lowest BCUT2D eigenvalue weighted by molar-refractivity contribution is 0.302. The highest BCUT2D eigenvalue weighted by molar-refractivity contribution is 4.80. The summed E-state index contributed by atoms with van der Waals surface area (Å²) in [6.07, 6.45) is 12.7. The van der Waals surface area contributed by atoms with Crippen LogP contribution in [0.15, 0.2) is 12.2 Å². The first kappa shape index (κ1) is 13.6. The second-order valence-electron chi connectivity index (χ2n) is 3.58. The van der Waals surface area contributed by atoms with Crippen LogP contribution in [-0.2, 0) is 0 Å². The van der Waals surface area contributed by atoms with Crippen molar-refractivity contribution < 1.29 is 9.50 Å². The van der Waals surface area contributed by atoms with Crippen LogP contribution in [-0.4, -0.2) is 18.4 Å². The van der Waals surface area contributed by atoms with Gasteiger partial charge < -0.3 is 5.11 Å². The molecule has 0 spiro atoms. The summed E-state index contributed by atoms with van der Waals surface area (Å²) in [6, 6.07) is 0. The first-order valence-corrected chi connectivity index (χ1v) is 5.73. The zero-order chi connectivity index (χ0) is 10.5. The molecular formula is C12H23FO. The minimum Gasteiger partial charge on any atom is -0.396 e. The Balaban J connectivity index is 2.91. The number of rotatable bonds is 10. The molecule has 0 saturated carbocycles. The van der Waals surface area contributed by atoms with E-state index in [0.29, 0.717) is 0 Å². The Morgan fingerprint density at radius 2 is 1.36 bits per heavy atom. The maximum Gasteiger partial charge on any atom is 0.0894 e. The first-order chi connectivity index (χ1) is 6.91. The predicted molar refractivity (Wildman–Crippen MR) is 59.1 cm³/mol. The third kappa shape index (κ3) is 11.6. The molecule has 0 rings (SSSR count). The SMILES string of the molecule is OCC/C=C\CCCCCCCCF. The van der Waals surface area contributed by atoms with E-state index in [1.165, 1.54) is 25.7 Å². The van der Waals surface area contributed by atoms with E-state index in [2.05, 4.69) is 6.08 Å². The van der Waals surface area contributed by atoms with Crippen molar-refractivity contribution in [2.24, 2.45) is 0 Å². The lowest BCUT2D eigenvalue weighted by atomic mass is 10.1.